The molecule has 0 aliphatic carbocycles. The van der Waals surface area contributed by atoms with Crippen molar-refractivity contribution in [2.45, 2.75) is 46.0 Å². The van der Waals surface area contributed by atoms with Crippen LogP contribution >= 0.6 is 34.7 Å². The summed E-state index contributed by atoms with van der Waals surface area (Å²) in [6.45, 7) is 11.6. The molecule has 3 N–H and O–H groups in total. The van der Waals surface area contributed by atoms with E-state index in [0.717, 1.165) is 34.2 Å². The van der Waals surface area contributed by atoms with Crippen LogP contribution in [0.3, 0.4) is 0 Å². The number of allylic oxidation sites excluding steroid dienone is 1. The number of esters is 1. The van der Waals surface area contributed by atoms with Gasteiger partial charge in [-0.3, -0.25) is 14.2 Å². The van der Waals surface area contributed by atoms with Crippen molar-refractivity contribution < 1.29 is 23.9 Å². The maximum Gasteiger partial charge on any atom is 0.341 e. The molecule has 0 radical (unpaired) electrons. The van der Waals surface area contributed by atoms with Crippen molar-refractivity contribution in [1.29, 1.82) is 0 Å². The molecule has 10 nitrogen and oxygen atoms in total. The molecule has 0 bridgehead atoms. The Morgan fingerprint density at radius 2 is 1.92 bits per heavy atom. The fourth-order valence-electron chi connectivity index (χ4n) is 3.56. The number of halogens is 1. The lowest BCUT2D eigenvalue weighted by molar-refractivity contribution is -0.113. The predicted octanol–water partition coefficient (Wildman–Crippen LogP) is 4.69. The van der Waals surface area contributed by atoms with Gasteiger partial charge in [-0.1, -0.05) is 29.4 Å². The zero-order valence-corrected chi connectivity index (χ0v) is 23.8. The van der Waals surface area contributed by atoms with Crippen LogP contribution in [0.4, 0.5) is 5.00 Å². The normalized spacial score (nSPS) is 10.8. The molecule has 0 aliphatic rings. The molecule has 1 aromatic carbocycles. The summed E-state index contributed by atoms with van der Waals surface area (Å²) in [6.07, 6.45) is 1.69. The van der Waals surface area contributed by atoms with Crippen molar-refractivity contribution in [3.8, 4) is 5.75 Å². The first kappa shape index (κ1) is 29.2. The SMILES string of the molecule is C=CCn1c(COc2cc(C)c(Cl)c(C)c2)nnc1SCC(=O)Nc1sc(C(N)=O)c(C)c1C(=O)OCC. The zero-order chi connectivity index (χ0) is 28.0. The van der Waals surface area contributed by atoms with Gasteiger partial charge in [0.25, 0.3) is 5.91 Å². The summed E-state index contributed by atoms with van der Waals surface area (Å²) in [4.78, 5) is 37.2. The number of nitrogens with zero attached hydrogens (tertiary/aromatic N) is 3. The summed E-state index contributed by atoms with van der Waals surface area (Å²) in [5.41, 5.74) is 7.73. The number of hydrogen-bond acceptors (Lipinski definition) is 9. The number of primary amides is 1. The maximum absolute atomic E-state index is 12.8. The van der Waals surface area contributed by atoms with E-state index in [-0.39, 0.29) is 34.4 Å². The minimum absolute atomic E-state index is 0.0309. The molecule has 0 saturated heterocycles. The smallest absolute Gasteiger partial charge is 0.341 e. The molecular weight excluding hydrogens is 550 g/mol. The highest BCUT2D eigenvalue weighted by molar-refractivity contribution is 7.99. The number of benzene rings is 1. The van der Waals surface area contributed by atoms with Crippen LogP contribution in [-0.4, -0.2) is 44.9 Å². The molecular formula is C25H28ClN5O5S2. The molecule has 0 atom stereocenters. The molecule has 0 aliphatic heterocycles. The standard InChI is InChI=1S/C25H28ClN5O5S2/c1-6-8-31-17(11-36-16-9-13(3)20(26)14(4)10-16)29-30-25(31)37-12-18(32)28-23-19(24(34)35-7-2)15(5)21(38-23)22(27)33/h6,9-10H,1,7-8,11-12H2,2-5H3,(H2,27,33)(H,28,32). The van der Waals surface area contributed by atoms with E-state index in [9.17, 15) is 14.4 Å². The average molecular weight is 578 g/mol. The molecule has 2 amide bonds. The summed E-state index contributed by atoms with van der Waals surface area (Å²) in [5, 5.41) is 12.5. The molecule has 38 heavy (non-hydrogen) atoms. The number of thiophene rings is 1. The number of carbonyl (C=O) groups is 3. The zero-order valence-electron chi connectivity index (χ0n) is 21.4. The van der Waals surface area contributed by atoms with E-state index in [1.54, 1.807) is 24.5 Å². The number of nitrogens with two attached hydrogens (primary N) is 1. The molecule has 0 fully saturated rings. The maximum atomic E-state index is 12.8. The van der Waals surface area contributed by atoms with Crippen molar-refractivity contribution >= 4 is 57.5 Å². The second-order valence-electron chi connectivity index (χ2n) is 8.14. The second kappa shape index (κ2) is 12.9. The van der Waals surface area contributed by atoms with Gasteiger partial charge in [-0.25, -0.2) is 4.79 Å². The molecule has 3 aromatic rings. The number of thioether (sulfide) groups is 1. The third-order valence-corrected chi connectivity index (χ3v) is 8.10. The largest absolute Gasteiger partial charge is 0.486 e. The van der Waals surface area contributed by atoms with E-state index in [1.807, 2.05) is 26.0 Å². The number of ether oxygens (including phenoxy) is 2. The van der Waals surface area contributed by atoms with Gasteiger partial charge in [0.2, 0.25) is 5.91 Å². The van der Waals surface area contributed by atoms with Crippen LogP contribution in [0.5, 0.6) is 5.75 Å². The molecule has 2 aromatic heterocycles. The van der Waals surface area contributed by atoms with Gasteiger partial charge in [-0.15, -0.1) is 28.1 Å². The van der Waals surface area contributed by atoms with Crippen LogP contribution in [0, 0.1) is 20.8 Å². The van der Waals surface area contributed by atoms with Gasteiger partial charge in [0.1, 0.15) is 17.4 Å². The van der Waals surface area contributed by atoms with Gasteiger partial charge < -0.3 is 20.5 Å². The number of anilines is 1. The van der Waals surface area contributed by atoms with Crippen molar-refractivity contribution in [3.05, 3.63) is 62.8 Å². The summed E-state index contributed by atoms with van der Waals surface area (Å²) in [5.74, 6) is -0.553. The number of aryl methyl sites for hydroxylation is 2. The quantitative estimate of drug-likeness (QED) is 0.180. The lowest BCUT2D eigenvalue weighted by Crippen LogP contribution is -2.17. The third kappa shape index (κ3) is 6.74. The fourth-order valence-corrected chi connectivity index (χ4v) is 5.50. The highest BCUT2D eigenvalue weighted by atomic mass is 35.5. The van der Waals surface area contributed by atoms with E-state index in [2.05, 4.69) is 22.1 Å². The molecule has 0 unspecified atom stereocenters. The van der Waals surface area contributed by atoms with Crippen molar-refractivity contribution in [3.63, 3.8) is 0 Å². The molecule has 3 rings (SSSR count). The van der Waals surface area contributed by atoms with Gasteiger partial charge in [0, 0.05) is 11.6 Å². The number of hydrogen-bond donors (Lipinski definition) is 2. The summed E-state index contributed by atoms with van der Waals surface area (Å²) in [6, 6.07) is 3.70. The Hall–Kier alpha value is -3.35. The van der Waals surface area contributed by atoms with Gasteiger partial charge in [0.15, 0.2) is 11.0 Å². The summed E-state index contributed by atoms with van der Waals surface area (Å²) in [7, 11) is 0. The minimum atomic E-state index is -0.691. The van der Waals surface area contributed by atoms with Gasteiger partial charge >= 0.3 is 5.97 Å². The topological polar surface area (TPSA) is 138 Å². The number of aromatic nitrogens is 3. The van der Waals surface area contributed by atoms with Gasteiger partial charge in [-0.05, 0) is 56.5 Å². The van der Waals surface area contributed by atoms with Crippen LogP contribution in [0.1, 0.15) is 49.5 Å². The van der Waals surface area contributed by atoms with Crippen LogP contribution in [0.15, 0.2) is 29.9 Å². The minimum Gasteiger partial charge on any atom is -0.486 e. The van der Waals surface area contributed by atoms with Crippen molar-refractivity contribution in [2.24, 2.45) is 5.73 Å². The number of nitrogens with one attached hydrogen (secondary N) is 1. The Balaban J connectivity index is 1.72. The van der Waals surface area contributed by atoms with E-state index in [4.69, 9.17) is 26.8 Å². The Kier molecular flexibility index (Phi) is 9.95. The van der Waals surface area contributed by atoms with E-state index in [0.29, 0.717) is 33.9 Å². The van der Waals surface area contributed by atoms with Crippen molar-refractivity contribution in [2.75, 3.05) is 17.7 Å². The third-order valence-electron chi connectivity index (χ3n) is 5.32. The van der Waals surface area contributed by atoms with Gasteiger partial charge in [-0.2, -0.15) is 0 Å². The first-order valence-corrected chi connectivity index (χ1v) is 13.7. The van der Waals surface area contributed by atoms with Crippen LogP contribution in [0.2, 0.25) is 5.02 Å². The Labute approximate surface area is 233 Å². The molecule has 2 heterocycles. The van der Waals surface area contributed by atoms with Crippen LogP contribution in [-0.2, 0) is 22.7 Å². The Bertz CT molecular complexity index is 1360. The Morgan fingerprint density at radius 3 is 2.53 bits per heavy atom. The Morgan fingerprint density at radius 1 is 1.24 bits per heavy atom. The monoisotopic (exact) mass is 577 g/mol. The van der Waals surface area contributed by atoms with E-state index in [1.165, 1.54) is 0 Å². The lowest BCUT2D eigenvalue weighted by Gasteiger charge is -2.11. The highest BCUT2D eigenvalue weighted by Crippen LogP contribution is 2.34. The van der Waals surface area contributed by atoms with Crippen molar-refractivity contribution in [1.82, 2.24) is 14.8 Å². The average Bonchev–Trinajstić information content (AvgIpc) is 3.40. The van der Waals surface area contributed by atoms with Crippen LogP contribution < -0.4 is 15.8 Å². The number of amides is 2. The van der Waals surface area contributed by atoms with E-state index < -0.39 is 17.8 Å². The van der Waals surface area contributed by atoms with Gasteiger partial charge in [0.05, 0.1) is 22.8 Å². The molecule has 13 heteroatoms. The van der Waals surface area contributed by atoms with E-state index >= 15 is 0 Å². The first-order chi connectivity index (χ1) is 18.1. The summed E-state index contributed by atoms with van der Waals surface area (Å²) >= 11 is 8.33. The van der Waals surface area contributed by atoms with Crippen LogP contribution in [0.25, 0.3) is 0 Å². The number of carbonyl (C=O) groups excluding carboxylic acids is 3. The summed E-state index contributed by atoms with van der Waals surface area (Å²) < 4.78 is 12.8. The molecule has 0 spiro atoms. The predicted molar refractivity (Wildman–Crippen MR) is 148 cm³/mol. The second-order valence-corrected chi connectivity index (χ2v) is 10.5. The highest BCUT2D eigenvalue weighted by Gasteiger charge is 2.26. The fraction of sp³-hybridized carbons (Fsp3) is 0.320. The molecule has 202 valence electrons. The molecule has 0 saturated carbocycles. The lowest BCUT2D eigenvalue weighted by atomic mass is 10.1. The number of rotatable bonds is 12. The first-order valence-electron chi connectivity index (χ1n) is 11.5.